The molecule has 6 heteroatoms. The van der Waals surface area contributed by atoms with Crippen LogP contribution in [0.15, 0.2) is 4.99 Å². The van der Waals surface area contributed by atoms with Crippen molar-refractivity contribution in [3.63, 3.8) is 0 Å². The average Bonchev–Trinajstić information content (AvgIpc) is 3.15. The Morgan fingerprint density at radius 1 is 1.24 bits per heavy atom. The molecule has 1 atom stereocenters. The minimum absolute atomic E-state index is 0.325. The number of likely N-dealkylation sites (tertiary alicyclic amines) is 1. The lowest BCUT2D eigenvalue weighted by Crippen LogP contribution is -2.43. The summed E-state index contributed by atoms with van der Waals surface area (Å²) >= 11 is 0. The minimum atomic E-state index is 0.325. The third kappa shape index (κ3) is 8.38. The molecule has 2 aliphatic rings. The van der Waals surface area contributed by atoms with E-state index in [0.717, 1.165) is 57.6 Å². The van der Waals surface area contributed by atoms with Crippen LogP contribution in [0.4, 0.5) is 0 Å². The fourth-order valence-corrected chi connectivity index (χ4v) is 3.56. The van der Waals surface area contributed by atoms with E-state index in [1.807, 2.05) is 7.05 Å². The average molecular weight is 355 g/mol. The standard InChI is InChI=1S/C19H38N4O2/c1-3-10-23-11-7-17(8-12-23)15-22-19(20-2)21-9-5-13-24-16-18-6-4-14-25-18/h17-18H,3-16H2,1-2H3,(H2,20,21,22). The van der Waals surface area contributed by atoms with Gasteiger partial charge in [0.15, 0.2) is 5.96 Å². The zero-order valence-corrected chi connectivity index (χ0v) is 16.3. The number of nitrogens with zero attached hydrogens (tertiary/aromatic N) is 2. The van der Waals surface area contributed by atoms with Gasteiger partial charge >= 0.3 is 0 Å². The summed E-state index contributed by atoms with van der Waals surface area (Å²) in [7, 11) is 1.84. The summed E-state index contributed by atoms with van der Waals surface area (Å²) < 4.78 is 11.2. The van der Waals surface area contributed by atoms with Crippen LogP contribution in [-0.2, 0) is 9.47 Å². The lowest BCUT2D eigenvalue weighted by molar-refractivity contribution is 0.0168. The van der Waals surface area contributed by atoms with Crippen LogP contribution < -0.4 is 10.6 Å². The Bertz CT molecular complexity index is 364. The van der Waals surface area contributed by atoms with Gasteiger partial charge in [-0.05, 0) is 64.1 Å². The van der Waals surface area contributed by atoms with Crippen LogP contribution in [-0.4, -0.2) is 76.6 Å². The summed E-state index contributed by atoms with van der Waals surface area (Å²) in [6.07, 6.45) is 7.48. The van der Waals surface area contributed by atoms with Gasteiger partial charge in [-0.15, -0.1) is 0 Å². The van der Waals surface area contributed by atoms with Gasteiger partial charge in [-0.25, -0.2) is 0 Å². The molecule has 0 saturated carbocycles. The molecule has 2 N–H and O–H groups in total. The number of hydrogen-bond donors (Lipinski definition) is 2. The SMILES string of the molecule is CCCN1CCC(CNC(=NC)NCCCOCC2CCCO2)CC1. The van der Waals surface area contributed by atoms with Crippen molar-refractivity contribution in [2.45, 2.75) is 51.6 Å². The molecule has 0 aromatic rings. The van der Waals surface area contributed by atoms with Crippen molar-refractivity contribution in [2.24, 2.45) is 10.9 Å². The summed E-state index contributed by atoms with van der Waals surface area (Å²) in [6.45, 7) is 10.3. The molecule has 1 unspecified atom stereocenters. The molecule has 146 valence electrons. The van der Waals surface area contributed by atoms with Crippen molar-refractivity contribution < 1.29 is 9.47 Å². The van der Waals surface area contributed by atoms with Crippen LogP contribution in [0.3, 0.4) is 0 Å². The van der Waals surface area contributed by atoms with E-state index in [-0.39, 0.29) is 0 Å². The van der Waals surface area contributed by atoms with E-state index in [4.69, 9.17) is 9.47 Å². The van der Waals surface area contributed by atoms with Gasteiger partial charge in [-0.3, -0.25) is 4.99 Å². The number of piperidine rings is 1. The van der Waals surface area contributed by atoms with Gasteiger partial charge < -0.3 is 25.0 Å². The van der Waals surface area contributed by atoms with Gasteiger partial charge in [0.05, 0.1) is 12.7 Å². The van der Waals surface area contributed by atoms with Crippen molar-refractivity contribution in [1.29, 1.82) is 0 Å². The maximum Gasteiger partial charge on any atom is 0.190 e. The Balaban J connectivity index is 1.46. The van der Waals surface area contributed by atoms with Crippen LogP contribution in [0.25, 0.3) is 0 Å². The van der Waals surface area contributed by atoms with E-state index >= 15 is 0 Å². The van der Waals surface area contributed by atoms with E-state index in [1.54, 1.807) is 0 Å². The molecule has 2 heterocycles. The Kier molecular flexibility index (Phi) is 10.2. The first-order valence-corrected chi connectivity index (χ1v) is 10.2. The number of hydrogen-bond acceptors (Lipinski definition) is 4. The van der Waals surface area contributed by atoms with Crippen LogP contribution >= 0.6 is 0 Å². The Hall–Kier alpha value is -0.850. The number of nitrogens with one attached hydrogen (secondary N) is 2. The molecule has 0 amide bonds. The number of guanidine groups is 1. The van der Waals surface area contributed by atoms with Gasteiger partial charge in [-0.2, -0.15) is 0 Å². The van der Waals surface area contributed by atoms with Gasteiger partial charge in [-0.1, -0.05) is 6.92 Å². The molecule has 0 spiro atoms. The lowest BCUT2D eigenvalue weighted by atomic mass is 9.97. The number of rotatable bonds is 10. The third-order valence-corrected chi connectivity index (χ3v) is 5.11. The van der Waals surface area contributed by atoms with Crippen molar-refractivity contribution in [3.8, 4) is 0 Å². The molecule has 0 bridgehead atoms. The van der Waals surface area contributed by atoms with Crippen LogP contribution in [0.5, 0.6) is 0 Å². The first kappa shape index (κ1) is 20.5. The molecule has 6 nitrogen and oxygen atoms in total. The largest absolute Gasteiger partial charge is 0.379 e. The van der Waals surface area contributed by atoms with E-state index in [2.05, 4.69) is 27.4 Å². The number of aliphatic imine (C=N–C) groups is 1. The van der Waals surface area contributed by atoms with Crippen molar-refractivity contribution in [2.75, 3.05) is 59.6 Å². The monoisotopic (exact) mass is 354 g/mol. The topological polar surface area (TPSA) is 58.1 Å². The van der Waals surface area contributed by atoms with Crippen LogP contribution in [0.1, 0.15) is 45.4 Å². The molecule has 2 fully saturated rings. The predicted octanol–water partition coefficient (Wildman–Crippen LogP) is 1.86. The molecule has 2 saturated heterocycles. The quantitative estimate of drug-likeness (QED) is 0.356. The summed E-state index contributed by atoms with van der Waals surface area (Å²) in [6, 6.07) is 0. The highest BCUT2D eigenvalue weighted by atomic mass is 16.5. The Morgan fingerprint density at radius 3 is 2.76 bits per heavy atom. The van der Waals surface area contributed by atoms with E-state index in [0.29, 0.717) is 6.10 Å². The fraction of sp³-hybridized carbons (Fsp3) is 0.947. The highest BCUT2D eigenvalue weighted by molar-refractivity contribution is 5.79. The zero-order chi connectivity index (χ0) is 17.7. The Labute approximate surface area is 153 Å². The zero-order valence-electron chi connectivity index (χ0n) is 16.3. The maximum atomic E-state index is 5.69. The molecule has 25 heavy (non-hydrogen) atoms. The molecular weight excluding hydrogens is 316 g/mol. The maximum absolute atomic E-state index is 5.69. The summed E-state index contributed by atoms with van der Waals surface area (Å²) in [4.78, 5) is 6.90. The minimum Gasteiger partial charge on any atom is -0.379 e. The van der Waals surface area contributed by atoms with Gasteiger partial charge in [0.1, 0.15) is 0 Å². The summed E-state index contributed by atoms with van der Waals surface area (Å²) in [5.41, 5.74) is 0. The Morgan fingerprint density at radius 2 is 2.08 bits per heavy atom. The van der Waals surface area contributed by atoms with E-state index < -0.39 is 0 Å². The number of ether oxygens (including phenoxy) is 2. The lowest BCUT2D eigenvalue weighted by Gasteiger charge is -2.32. The van der Waals surface area contributed by atoms with Crippen molar-refractivity contribution >= 4 is 5.96 Å². The predicted molar refractivity (Wildman–Crippen MR) is 103 cm³/mol. The molecule has 0 aromatic carbocycles. The van der Waals surface area contributed by atoms with E-state index in [9.17, 15) is 0 Å². The highest BCUT2D eigenvalue weighted by Gasteiger charge is 2.18. The first-order chi connectivity index (χ1) is 12.3. The fourth-order valence-electron chi connectivity index (χ4n) is 3.56. The summed E-state index contributed by atoms with van der Waals surface area (Å²) in [5.74, 6) is 1.68. The van der Waals surface area contributed by atoms with Gasteiger partial charge in [0, 0.05) is 33.4 Å². The third-order valence-electron chi connectivity index (χ3n) is 5.11. The smallest absolute Gasteiger partial charge is 0.190 e. The molecular formula is C19H38N4O2. The first-order valence-electron chi connectivity index (χ1n) is 10.2. The van der Waals surface area contributed by atoms with Crippen LogP contribution in [0, 0.1) is 5.92 Å². The molecule has 0 radical (unpaired) electrons. The second-order valence-electron chi connectivity index (χ2n) is 7.23. The second kappa shape index (κ2) is 12.5. The molecule has 0 aromatic heterocycles. The second-order valence-corrected chi connectivity index (χ2v) is 7.23. The normalized spacial score (nSPS) is 23.1. The van der Waals surface area contributed by atoms with Crippen LogP contribution in [0.2, 0.25) is 0 Å². The molecule has 0 aliphatic carbocycles. The van der Waals surface area contributed by atoms with E-state index in [1.165, 1.54) is 45.3 Å². The summed E-state index contributed by atoms with van der Waals surface area (Å²) in [5, 5.41) is 6.86. The molecule has 2 rings (SSSR count). The van der Waals surface area contributed by atoms with Gasteiger partial charge in [0.25, 0.3) is 0 Å². The van der Waals surface area contributed by atoms with Crippen molar-refractivity contribution in [3.05, 3.63) is 0 Å². The van der Waals surface area contributed by atoms with Crippen molar-refractivity contribution in [1.82, 2.24) is 15.5 Å². The van der Waals surface area contributed by atoms with Gasteiger partial charge in [0.2, 0.25) is 0 Å². The molecule has 2 aliphatic heterocycles. The highest BCUT2D eigenvalue weighted by Crippen LogP contribution is 2.16.